The van der Waals surface area contributed by atoms with Crippen molar-refractivity contribution in [2.24, 2.45) is 0 Å². The van der Waals surface area contributed by atoms with Crippen LogP contribution in [0.5, 0.6) is 11.6 Å². The largest absolute Gasteiger partial charge is 0.439 e. The van der Waals surface area contributed by atoms with Crippen LogP contribution in [-0.2, 0) is 0 Å². The van der Waals surface area contributed by atoms with Crippen molar-refractivity contribution in [1.82, 2.24) is 9.88 Å². The van der Waals surface area contributed by atoms with Gasteiger partial charge in [-0.2, -0.15) is 0 Å². The SMILES string of the molecule is CN(CCO)C(=O)c1cccc(Oc2ccccn2)c1. The molecule has 20 heavy (non-hydrogen) atoms. The van der Waals surface area contributed by atoms with E-state index < -0.39 is 0 Å². The predicted octanol–water partition coefficient (Wildman–Crippen LogP) is 1.94. The first-order chi connectivity index (χ1) is 9.70. The van der Waals surface area contributed by atoms with Crippen LogP contribution in [0.1, 0.15) is 10.4 Å². The standard InChI is InChI=1S/C15H16N2O3/c1-17(9-10-18)15(19)12-5-4-6-13(11-12)20-14-7-2-3-8-16-14/h2-8,11,18H,9-10H2,1H3. The van der Waals surface area contributed by atoms with Gasteiger partial charge in [0.15, 0.2) is 0 Å². The van der Waals surface area contributed by atoms with Crippen LogP contribution in [0.15, 0.2) is 48.7 Å². The van der Waals surface area contributed by atoms with Gasteiger partial charge in [-0.3, -0.25) is 4.79 Å². The number of aromatic nitrogens is 1. The van der Waals surface area contributed by atoms with Gasteiger partial charge in [-0.1, -0.05) is 12.1 Å². The van der Waals surface area contributed by atoms with Gasteiger partial charge >= 0.3 is 0 Å². The molecule has 0 unspecified atom stereocenters. The fraction of sp³-hybridized carbons (Fsp3) is 0.200. The summed E-state index contributed by atoms with van der Waals surface area (Å²) in [4.78, 5) is 17.6. The molecular weight excluding hydrogens is 256 g/mol. The van der Waals surface area contributed by atoms with Gasteiger partial charge < -0.3 is 14.7 Å². The zero-order valence-electron chi connectivity index (χ0n) is 11.2. The zero-order chi connectivity index (χ0) is 14.4. The Labute approximate surface area is 117 Å². The van der Waals surface area contributed by atoms with Crippen LogP contribution in [0.2, 0.25) is 0 Å². The number of rotatable bonds is 5. The first kappa shape index (κ1) is 14.0. The fourth-order valence-electron chi connectivity index (χ4n) is 1.69. The molecule has 0 bridgehead atoms. The lowest BCUT2D eigenvalue weighted by Gasteiger charge is -2.16. The van der Waals surface area contributed by atoms with E-state index in [1.54, 1.807) is 49.6 Å². The smallest absolute Gasteiger partial charge is 0.253 e. The van der Waals surface area contributed by atoms with E-state index in [2.05, 4.69) is 4.98 Å². The molecule has 5 nitrogen and oxygen atoms in total. The van der Waals surface area contributed by atoms with Crippen LogP contribution in [0.4, 0.5) is 0 Å². The third-order valence-electron chi connectivity index (χ3n) is 2.72. The van der Waals surface area contributed by atoms with Crippen LogP contribution < -0.4 is 4.74 Å². The Bertz CT molecular complexity index is 572. The molecule has 1 aromatic carbocycles. The predicted molar refractivity (Wildman–Crippen MR) is 74.8 cm³/mol. The minimum atomic E-state index is -0.162. The van der Waals surface area contributed by atoms with Gasteiger partial charge in [0.2, 0.25) is 5.88 Å². The Morgan fingerprint density at radius 2 is 2.15 bits per heavy atom. The zero-order valence-corrected chi connectivity index (χ0v) is 11.2. The molecule has 5 heteroatoms. The van der Waals surface area contributed by atoms with Gasteiger partial charge in [-0.25, -0.2) is 4.98 Å². The number of benzene rings is 1. The average Bonchev–Trinajstić information content (AvgIpc) is 2.48. The molecule has 1 N–H and O–H groups in total. The van der Waals surface area contributed by atoms with Crippen LogP contribution in [0, 0.1) is 0 Å². The van der Waals surface area contributed by atoms with Crippen molar-refractivity contribution < 1.29 is 14.6 Å². The highest BCUT2D eigenvalue weighted by molar-refractivity contribution is 5.94. The number of nitrogens with zero attached hydrogens (tertiary/aromatic N) is 2. The normalized spacial score (nSPS) is 10.1. The van der Waals surface area contributed by atoms with Crippen molar-refractivity contribution >= 4 is 5.91 Å². The Morgan fingerprint density at radius 1 is 1.30 bits per heavy atom. The summed E-state index contributed by atoms with van der Waals surface area (Å²) in [6.45, 7) is 0.233. The summed E-state index contributed by atoms with van der Waals surface area (Å²) in [5, 5.41) is 8.86. The van der Waals surface area contributed by atoms with E-state index in [0.29, 0.717) is 23.7 Å². The Kier molecular flexibility index (Phi) is 4.68. The van der Waals surface area contributed by atoms with Gasteiger partial charge in [0.1, 0.15) is 5.75 Å². The molecule has 2 rings (SSSR count). The van der Waals surface area contributed by atoms with Crippen LogP contribution in [0.25, 0.3) is 0 Å². The van der Waals surface area contributed by atoms with Crippen molar-refractivity contribution in [1.29, 1.82) is 0 Å². The number of carbonyl (C=O) groups excluding carboxylic acids is 1. The summed E-state index contributed by atoms with van der Waals surface area (Å²) >= 11 is 0. The summed E-state index contributed by atoms with van der Waals surface area (Å²) in [5.41, 5.74) is 0.509. The molecule has 0 saturated carbocycles. The summed E-state index contributed by atoms with van der Waals surface area (Å²) in [6, 6.07) is 12.2. The van der Waals surface area contributed by atoms with Crippen molar-refractivity contribution in [2.45, 2.75) is 0 Å². The number of amides is 1. The molecule has 0 radical (unpaired) electrons. The Morgan fingerprint density at radius 3 is 2.85 bits per heavy atom. The number of likely N-dealkylation sites (N-methyl/N-ethyl adjacent to an activating group) is 1. The van der Waals surface area contributed by atoms with Crippen LogP contribution in [-0.4, -0.2) is 41.1 Å². The Hall–Kier alpha value is -2.40. The molecule has 0 spiro atoms. The van der Waals surface area contributed by atoms with E-state index >= 15 is 0 Å². The number of hydrogen-bond acceptors (Lipinski definition) is 4. The molecule has 1 heterocycles. The number of hydrogen-bond donors (Lipinski definition) is 1. The summed E-state index contributed by atoms with van der Waals surface area (Å²) < 4.78 is 5.58. The number of ether oxygens (including phenoxy) is 1. The summed E-state index contributed by atoms with van der Waals surface area (Å²) in [6.07, 6.45) is 1.64. The van der Waals surface area contributed by atoms with E-state index in [0.717, 1.165) is 0 Å². The van der Waals surface area contributed by atoms with Crippen molar-refractivity contribution in [3.8, 4) is 11.6 Å². The second-order valence-corrected chi connectivity index (χ2v) is 4.25. The summed E-state index contributed by atoms with van der Waals surface area (Å²) in [7, 11) is 1.64. The molecule has 0 aliphatic heterocycles. The van der Waals surface area contributed by atoms with Gasteiger partial charge in [0, 0.05) is 31.4 Å². The van der Waals surface area contributed by atoms with Crippen LogP contribution in [0.3, 0.4) is 0 Å². The second kappa shape index (κ2) is 6.68. The highest BCUT2D eigenvalue weighted by Gasteiger charge is 2.12. The van der Waals surface area contributed by atoms with Crippen LogP contribution >= 0.6 is 0 Å². The van der Waals surface area contributed by atoms with Gasteiger partial charge in [0.25, 0.3) is 5.91 Å². The minimum absolute atomic E-state index is 0.0631. The molecule has 0 fully saturated rings. The number of carbonyl (C=O) groups is 1. The first-order valence-electron chi connectivity index (χ1n) is 6.26. The number of pyridine rings is 1. The van der Waals surface area contributed by atoms with E-state index in [1.807, 2.05) is 6.07 Å². The van der Waals surface area contributed by atoms with E-state index in [1.165, 1.54) is 4.90 Å². The molecule has 0 saturated heterocycles. The third-order valence-corrected chi connectivity index (χ3v) is 2.72. The second-order valence-electron chi connectivity index (χ2n) is 4.25. The van der Waals surface area contributed by atoms with Crippen molar-refractivity contribution in [3.05, 3.63) is 54.2 Å². The lowest BCUT2D eigenvalue weighted by atomic mass is 10.2. The maximum atomic E-state index is 12.1. The first-order valence-corrected chi connectivity index (χ1v) is 6.26. The molecule has 0 aliphatic carbocycles. The molecule has 1 amide bonds. The minimum Gasteiger partial charge on any atom is -0.439 e. The molecular formula is C15H16N2O3. The molecule has 2 aromatic rings. The third kappa shape index (κ3) is 3.55. The highest BCUT2D eigenvalue weighted by atomic mass is 16.5. The van der Waals surface area contributed by atoms with E-state index in [-0.39, 0.29) is 12.5 Å². The highest BCUT2D eigenvalue weighted by Crippen LogP contribution is 2.20. The Balaban J connectivity index is 2.14. The number of aliphatic hydroxyl groups is 1. The van der Waals surface area contributed by atoms with Gasteiger partial charge in [-0.05, 0) is 24.3 Å². The molecule has 104 valence electrons. The lowest BCUT2D eigenvalue weighted by molar-refractivity contribution is 0.0766. The molecule has 0 aliphatic rings. The molecule has 0 atom stereocenters. The fourth-order valence-corrected chi connectivity index (χ4v) is 1.69. The average molecular weight is 272 g/mol. The monoisotopic (exact) mass is 272 g/mol. The van der Waals surface area contributed by atoms with Crippen molar-refractivity contribution in [2.75, 3.05) is 20.2 Å². The van der Waals surface area contributed by atoms with E-state index in [4.69, 9.17) is 9.84 Å². The van der Waals surface area contributed by atoms with Gasteiger partial charge in [0.05, 0.1) is 6.61 Å². The van der Waals surface area contributed by atoms with Crippen molar-refractivity contribution in [3.63, 3.8) is 0 Å². The van der Waals surface area contributed by atoms with E-state index in [9.17, 15) is 4.79 Å². The maximum absolute atomic E-state index is 12.1. The quantitative estimate of drug-likeness (QED) is 0.903. The molecule has 1 aromatic heterocycles. The topological polar surface area (TPSA) is 62.7 Å². The lowest BCUT2D eigenvalue weighted by Crippen LogP contribution is -2.29. The number of aliphatic hydroxyl groups excluding tert-OH is 1. The maximum Gasteiger partial charge on any atom is 0.253 e. The summed E-state index contributed by atoms with van der Waals surface area (Å²) in [5.74, 6) is 0.860. The van der Waals surface area contributed by atoms with Gasteiger partial charge in [-0.15, -0.1) is 0 Å².